The maximum absolute atomic E-state index is 12.9. The van der Waals surface area contributed by atoms with E-state index in [0.717, 1.165) is 134 Å². The number of amides is 5. The molecule has 0 radical (unpaired) electrons. The molecule has 5 amide bonds. The van der Waals surface area contributed by atoms with Crippen molar-refractivity contribution in [2.45, 2.75) is 94.0 Å². The summed E-state index contributed by atoms with van der Waals surface area (Å²) in [4.78, 5) is 107. The number of pyridine rings is 4. The van der Waals surface area contributed by atoms with Gasteiger partial charge in [-0.2, -0.15) is 20.4 Å². The lowest BCUT2D eigenvalue weighted by atomic mass is 10.1. The predicted molar refractivity (Wildman–Crippen MR) is 480 cm³/mol. The molecule has 13 aromatic heterocycles. The Morgan fingerprint density at radius 2 is 0.871 bits per heavy atom. The van der Waals surface area contributed by atoms with E-state index in [-0.39, 0.29) is 23.8 Å². The Kier molecular flexibility index (Phi) is 23.8. The SMILES string of the molecule is CCC(=O)N(CC)Cc1nc2c(N)nc3cc(-c4ccn[nH]4)ccc3c2n1CC.CCN(Cc1nc2c([nH]1)c(N)nc1cc(-c3ccn[nH]3)ccc12)C(=O)Cc1cccc(C)c1.CCN(Cc1nc2c([nH]1)c(N)nc1cc(-c3ccn[nH]3)ccc12)C(=O)N1CCOCC1.CCN(Cc1nc2c([nH]1)c(N)nc1cc(-c3ccn[nH]3)ccc12)C(=O)c1cccn1C. The number of H-pyrrole nitrogens is 7. The highest BCUT2D eigenvalue weighted by molar-refractivity contribution is 6.11. The van der Waals surface area contributed by atoms with Crippen LogP contribution in [-0.2, 0) is 60.5 Å². The van der Waals surface area contributed by atoms with E-state index in [9.17, 15) is 19.2 Å². The van der Waals surface area contributed by atoms with E-state index in [2.05, 4.69) is 87.2 Å². The van der Waals surface area contributed by atoms with Gasteiger partial charge in [0.25, 0.3) is 5.91 Å². The number of nitrogen functional groups attached to an aromatic ring is 4. The van der Waals surface area contributed by atoms with E-state index in [0.29, 0.717) is 160 Å². The molecule has 1 fully saturated rings. The molecule has 632 valence electrons. The number of carbonyl (C=O) groups excluding carboxylic acids is 4. The molecule has 1 aliphatic rings. The summed E-state index contributed by atoms with van der Waals surface area (Å²) in [5, 5.41) is 31.6. The van der Waals surface area contributed by atoms with Crippen molar-refractivity contribution in [1.82, 2.24) is 129 Å². The van der Waals surface area contributed by atoms with E-state index in [1.54, 1.807) is 39.5 Å². The second-order valence-corrected chi connectivity index (χ2v) is 30.0. The number of likely N-dealkylation sites (N-methyl/N-ethyl adjacent to an activating group) is 1. The fourth-order valence-electron chi connectivity index (χ4n) is 15.7. The summed E-state index contributed by atoms with van der Waals surface area (Å²) in [5.74, 6) is 4.51. The number of carbonyl (C=O) groups is 4. The molecule has 19 rings (SSSR count). The molecular formula is C89H96N30O5. The smallest absolute Gasteiger partial charge is 0.320 e. The molecule has 0 atom stereocenters. The van der Waals surface area contributed by atoms with Gasteiger partial charge < -0.3 is 76.3 Å². The first kappa shape index (κ1) is 82.3. The van der Waals surface area contributed by atoms with Gasteiger partial charge in [-0.05, 0) is 132 Å². The Labute approximate surface area is 710 Å². The number of morpholine rings is 1. The molecule has 5 aromatic carbocycles. The molecule has 0 unspecified atom stereocenters. The van der Waals surface area contributed by atoms with Crippen LogP contribution in [-0.4, -0.2) is 205 Å². The Balaban J connectivity index is 0.000000122. The molecule has 0 saturated carbocycles. The monoisotopic (exact) mass is 1660 g/mol. The molecule has 0 spiro atoms. The molecule has 15 N–H and O–H groups in total. The zero-order valence-corrected chi connectivity index (χ0v) is 70.0. The van der Waals surface area contributed by atoms with Crippen molar-refractivity contribution in [2.24, 2.45) is 7.05 Å². The third-order valence-corrected chi connectivity index (χ3v) is 22.2. The lowest BCUT2D eigenvalue weighted by Gasteiger charge is -2.32. The van der Waals surface area contributed by atoms with Crippen molar-refractivity contribution in [3.05, 3.63) is 205 Å². The zero-order valence-electron chi connectivity index (χ0n) is 70.0. The molecule has 35 nitrogen and oxygen atoms in total. The number of anilines is 4. The van der Waals surface area contributed by atoms with Gasteiger partial charge in [0.15, 0.2) is 5.82 Å². The van der Waals surface area contributed by atoms with Gasteiger partial charge in [0, 0.05) is 134 Å². The van der Waals surface area contributed by atoms with Crippen molar-refractivity contribution in [3.63, 3.8) is 0 Å². The summed E-state index contributed by atoms with van der Waals surface area (Å²) in [6.45, 7) is 20.8. The number of fused-ring (bicyclic) bond motifs is 12. The van der Waals surface area contributed by atoms with Crippen LogP contribution in [0, 0.1) is 6.92 Å². The van der Waals surface area contributed by atoms with Gasteiger partial charge >= 0.3 is 6.03 Å². The van der Waals surface area contributed by atoms with Crippen molar-refractivity contribution in [1.29, 1.82) is 0 Å². The van der Waals surface area contributed by atoms with E-state index in [1.807, 2.05) is 203 Å². The minimum Gasteiger partial charge on any atom is -0.382 e. The third-order valence-electron chi connectivity index (χ3n) is 22.2. The third kappa shape index (κ3) is 17.0. The number of urea groups is 1. The molecule has 0 bridgehead atoms. The van der Waals surface area contributed by atoms with Gasteiger partial charge in [0.05, 0.1) is 96.2 Å². The summed E-state index contributed by atoms with van der Waals surface area (Å²) >= 11 is 0. The summed E-state index contributed by atoms with van der Waals surface area (Å²) in [6, 6.07) is 43.3. The van der Waals surface area contributed by atoms with E-state index in [4.69, 9.17) is 47.6 Å². The summed E-state index contributed by atoms with van der Waals surface area (Å²) in [7, 11) is 1.86. The molecule has 35 heteroatoms. The number of ether oxygens (including phenoxy) is 1. The minimum absolute atomic E-state index is 0.00795. The van der Waals surface area contributed by atoms with Crippen molar-refractivity contribution in [3.8, 4) is 45.0 Å². The number of hydrogen-bond acceptors (Lipinski definition) is 21. The summed E-state index contributed by atoms with van der Waals surface area (Å²) in [5.41, 5.74) is 44.4. The zero-order chi connectivity index (χ0) is 86.4. The maximum Gasteiger partial charge on any atom is 0.320 e. The first-order valence-electron chi connectivity index (χ1n) is 41.2. The van der Waals surface area contributed by atoms with Crippen LogP contribution in [0.1, 0.15) is 92.9 Å². The molecule has 14 heterocycles. The van der Waals surface area contributed by atoms with Gasteiger partial charge in [-0.25, -0.2) is 44.7 Å². The Morgan fingerprint density at radius 3 is 1.28 bits per heavy atom. The van der Waals surface area contributed by atoms with Crippen LogP contribution >= 0.6 is 0 Å². The lowest BCUT2D eigenvalue weighted by molar-refractivity contribution is -0.132. The number of rotatable bonds is 21. The number of aromatic amines is 7. The minimum atomic E-state index is -0.0457. The lowest BCUT2D eigenvalue weighted by Crippen LogP contribution is -2.47. The van der Waals surface area contributed by atoms with Gasteiger partial charge in [-0.3, -0.25) is 34.8 Å². The summed E-state index contributed by atoms with van der Waals surface area (Å²) < 4.78 is 9.30. The average molecular weight is 1670 g/mol. The van der Waals surface area contributed by atoms with Gasteiger partial charge in [-0.15, -0.1) is 0 Å². The van der Waals surface area contributed by atoms with Gasteiger partial charge in [0.1, 0.15) is 85.1 Å². The number of nitrogens with two attached hydrogens (primary N) is 4. The van der Waals surface area contributed by atoms with Crippen molar-refractivity contribution in [2.75, 3.05) is 75.4 Å². The highest BCUT2D eigenvalue weighted by Crippen LogP contribution is 2.36. The van der Waals surface area contributed by atoms with Gasteiger partial charge in [0.2, 0.25) is 11.8 Å². The fraction of sp³-hybridized carbons (Fsp3) is 0.258. The molecular weight excluding hydrogens is 1570 g/mol. The highest BCUT2D eigenvalue weighted by atomic mass is 16.5. The Morgan fingerprint density at radius 1 is 0.444 bits per heavy atom. The molecule has 124 heavy (non-hydrogen) atoms. The van der Waals surface area contributed by atoms with Gasteiger partial charge in [-0.1, -0.05) is 61.0 Å². The quantitative estimate of drug-likeness (QED) is 0.0318. The normalized spacial score (nSPS) is 12.1. The summed E-state index contributed by atoms with van der Waals surface area (Å²) in [6.07, 6.45) is 9.55. The van der Waals surface area contributed by atoms with Crippen LogP contribution in [0.15, 0.2) is 164 Å². The number of benzene rings is 5. The van der Waals surface area contributed by atoms with Crippen LogP contribution in [0.2, 0.25) is 0 Å². The average Bonchev–Trinajstić information content (AvgIpc) is 1.59. The Hall–Kier alpha value is -15.4. The van der Waals surface area contributed by atoms with Crippen LogP contribution in [0.5, 0.6) is 0 Å². The largest absolute Gasteiger partial charge is 0.382 e. The predicted octanol–water partition coefficient (Wildman–Crippen LogP) is 12.8. The Bertz CT molecular complexity index is 6890. The van der Waals surface area contributed by atoms with Crippen LogP contribution in [0.25, 0.3) is 133 Å². The van der Waals surface area contributed by atoms with Crippen molar-refractivity contribution >= 4 is 135 Å². The van der Waals surface area contributed by atoms with E-state index < -0.39 is 0 Å². The molecule has 1 saturated heterocycles. The first-order valence-corrected chi connectivity index (χ1v) is 41.2. The topological polar surface area (TPSA) is 473 Å². The van der Waals surface area contributed by atoms with E-state index >= 15 is 0 Å². The second-order valence-electron chi connectivity index (χ2n) is 30.0. The number of nitrogens with one attached hydrogen (secondary N) is 7. The van der Waals surface area contributed by atoms with Crippen LogP contribution in [0.3, 0.4) is 0 Å². The highest BCUT2D eigenvalue weighted by Gasteiger charge is 2.27. The molecule has 1 aliphatic heterocycles. The number of aromatic nitrogens is 21. The number of aryl methyl sites for hydroxylation is 3. The first-order chi connectivity index (χ1) is 60.3. The fourth-order valence-corrected chi connectivity index (χ4v) is 15.7. The van der Waals surface area contributed by atoms with Crippen LogP contribution < -0.4 is 22.9 Å². The van der Waals surface area contributed by atoms with Crippen LogP contribution in [0.4, 0.5) is 28.1 Å². The molecule has 0 aliphatic carbocycles. The van der Waals surface area contributed by atoms with Crippen molar-refractivity contribution < 1.29 is 23.9 Å². The number of imidazole rings is 4. The standard InChI is InChI=1S/C25H25N7O.C22H22N8O.C21H24N8O2.C21H25N7O/c1-3-32(22(33)12-16-6-4-5-15(2)11-16)14-21-29-23-18-8-7-17(19-9-10-27-31-19)13-20(18)28-25(26)24(23)30-21;1-3-30(22(31)17-5-4-10-29(17)2)12-18-26-19-14-7-6-13(15-8-9-24-28-15)11-16(14)25-21(23)20(19)27-18;1-2-28(21(30)29-7-9-31-10-8-29)12-17-25-18-14-4-3-13(15-5-6-23-27-15)11-16(14)24-20(22)19(18)26-17;1-4-18(29)27(5-2)12-17-25-19-20(28(17)6-3)14-8-7-13(15-9-10-23-26-15)11-16(14)24-21(19)22/h4-11,13H,3,12,14H2,1-2H3,(H2,26,28)(H,27,31)(H,29,30);4-11H,3,12H2,1-2H3,(H2,23,25)(H,24,28)(H,26,27);3-6,11H,2,7-10,12H2,1H3,(H2,22,24)(H,23,27)(H,25,26);7-11H,4-6,12H2,1-3H3,(H2,22,24)(H,23,26). The maximum atomic E-state index is 12.9. The molecule has 18 aromatic rings. The number of hydrogen-bond donors (Lipinski definition) is 11. The number of nitrogens with zero attached hydrogens (tertiary/aromatic N) is 19. The second kappa shape index (κ2) is 35.9. The van der Waals surface area contributed by atoms with E-state index in [1.165, 1.54) is 0 Å².